The lowest BCUT2D eigenvalue weighted by Crippen LogP contribution is -2.33. The molecule has 5 nitrogen and oxygen atoms in total. The Balaban J connectivity index is 1.35. The third-order valence-electron chi connectivity index (χ3n) is 9.06. The lowest BCUT2D eigenvalue weighted by Gasteiger charge is -2.37. The number of para-hydroxylation sites is 1. The van der Waals surface area contributed by atoms with Gasteiger partial charge in [0.25, 0.3) is 0 Å². The van der Waals surface area contributed by atoms with Crippen molar-refractivity contribution in [3.8, 4) is 0 Å². The third-order valence-corrected chi connectivity index (χ3v) is 9.06. The summed E-state index contributed by atoms with van der Waals surface area (Å²) in [4.78, 5) is 21.7. The van der Waals surface area contributed by atoms with Crippen LogP contribution in [0.2, 0.25) is 0 Å². The monoisotopic (exact) mass is 629 g/mol. The van der Waals surface area contributed by atoms with Crippen LogP contribution in [0.1, 0.15) is 50.2 Å². The van der Waals surface area contributed by atoms with Gasteiger partial charge in [-0.15, -0.1) is 0 Å². The van der Waals surface area contributed by atoms with Crippen LogP contribution in [-0.4, -0.2) is 17.7 Å². The van der Waals surface area contributed by atoms with Crippen molar-refractivity contribution < 1.29 is 9.63 Å². The van der Waals surface area contributed by atoms with Crippen molar-refractivity contribution in [3.63, 3.8) is 0 Å². The Morgan fingerprint density at radius 1 is 0.604 bits per heavy atom. The zero-order chi connectivity index (χ0) is 32.7. The van der Waals surface area contributed by atoms with Crippen molar-refractivity contribution >= 4 is 50.9 Å². The smallest absolute Gasteiger partial charge is 0.332 e. The minimum Gasteiger partial charge on any atom is -0.338 e. The highest BCUT2D eigenvalue weighted by atomic mass is 16.7. The van der Waals surface area contributed by atoms with Crippen molar-refractivity contribution in [2.24, 2.45) is 5.16 Å². The zero-order valence-electron chi connectivity index (χ0n) is 27.2. The predicted molar refractivity (Wildman–Crippen MR) is 198 cm³/mol. The van der Waals surface area contributed by atoms with Crippen LogP contribution in [0.4, 0.5) is 28.4 Å². The molecule has 0 amide bonds. The van der Waals surface area contributed by atoms with E-state index in [1.807, 2.05) is 42.5 Å². The van der Waals surface area contributed by atoms with Crippen molar-refractivity contribution in [1.82, 2.24) is 0 Å². The van der Waals surface area contributed by atoms with Crippen LogP contribution >= 0.6 is 0 Å². The van der Waals surface area contributed by atoms with E-state index in [9.17, 15) is 4.79 Å². The first kappa shape index (κ1) is 30.9. The maximum Gasteiger partial charge on any atom is 0.332 e. The van der Waals surface area contributed by atoms with E-state index in [0.717, 1.165) is 28.2 Å². The Kier molecular flexibility index (Phi) is 9.28. The highest BCUT2D eigenvalue weighted by molar-refractivity contribution is 6.13. The summed E-state index contributed by atoms with van der Waals surface area (Å²) in [6.07, 6.45) is 6.20. The second kappa shape index (κ2) is 14.4. The minimum absolute atomic E-state index is 0.453. The fourth-order valence-corrected chi connectivity index (χ4v) is 6.86. The van der Waals surface area contributed by atoms with E-state index < -0.39 is 5.97 Å². The van der Waals surface area contributed by atoms with Gasteiger partial charge < -0.3 is 14.6 Å². The average molecular weight is 630 g/mol. The van der Waals surface area contributed by atoms with Gasteiger partial charge in [-0.25, -0.2) is 4.79 Å². The molecule has 0 aromatic heterocycles. The molecule has 1 saturated carbocycles. The van der Waals surface area contributed by atoms with E-state index in [1.165, 1.54) is 61.2 Å². The van der Waals surface area contributed by atoms with Crippen LogP contribution in [0.5, 0.6) is 0 Å². The Morgan fingerprint density at radius 2 is 1.21 bits per heavy atom. The van der Waals surface area contributed by atoms with E-state index in [2.05, 4.69) is 124 Å². The number of carbonyl (C=O) groups is 1. The van der Waals surface area contributed by atoms with Crippen molar-refractivity contribution in [2.75, 3.05) is 9.80 Å². The topological polar surface area (TPSA) is 45.1 Å². The van der Waals surface area contributed by atoms with Gasteiger partial charge in [0.2, 0.25) is 0 Å². The highest BCUT2D eigenvalue weighted by Gasteiger charge is 2.24. The maximum absolute atomic E-state index is 11.7. The molecule has 1 fully saturated rings. The van der Waals surface area contributed by atoms with Gasteiger partial charge in [0, 0.05) is 52.2 Å². The normalized spacial score (nSPS) is 13.6. The van der Waals surface area contributed by atoms with Crippen LogP contribution in [0.25, 0.3) is 10.8 Å². The number of anilines is 5. The molecule has 0 bridgehead atoms. The summed E-state index contributed by atoms with van der Waals surface area (Å²) >= 11 is 0. The lowest BCUT2D eigenvalue weighted by molar-refractivity contribution is -0.140. The Morgan fingerprint density at radius 3 is 1.96 bits per heavy atom. The van der Waals surface area contributed by atoms with Crippen LogP contribution in [0.15, 0.2) is 157 Å². The highest BCUT2D eigenvalue weighted by Crippen LogP contribution is 2.42. The molecule has 6 aromatic carbocycles. The van der Waals surface area contributed by atoms with Gasteiger partial charge in [-0.3, -0.25) is 0 Å². The average Bonchev–Trinajstić information content (AvgIpc) is 3.14. The summed E-state index contributed by atoms with van der Waals surface area (Å²) in [5.74, 6) is -0.458. The van der Waals surface area contributed by atoms with E-state index >= 15 is 0 Å². The van der Waals surface area contributed by atoms with Gasteiger partial charge in [-0.05, 0) is 66.8 Å². The maximum atomic E-state index is 11.7. The number of rotatable bonds is 9. The number of oxime groups is 1. The first-order chi connectivity index (χ1) is 23.7. The van der Waals surface area contributed by atoms with Gasteiger partial charge in [0.15, 0.2) is 0 Å². The molecular weight excluding hydrogens is 590 g/mol. The van der Waals surface area contributed by atoms with E-state index in [1.54, 1.807) is 0 Å². The molecule has 238 valence electrons. The molecule has 0 spiro atoms. The number of fused-ring (bicyclic) bond motifs is 1. The first-order valence-corrected chi connectivity index (χ1v) is 16.8. The molecule has 0 saturated heterocycles. The van der Waals surface area contributed by atoms with Crippen molar-refractivity contribution in [1.29, 1.82) is 0 Å². The van der Waals surface area contributed by atoms with Crippen molar-refractivity contribution in [3.05, 3.63) is 163 Å². The summed E-state index contributed by atoms with van der Waals surface area (Å²) in [6, 6.07) is 53.3. The molecular formula is C43H39N3O2. The van der Waals surface area contributed by atoms with Crippen LogP contribution in [0, 0.1) is 0 Å². The van der Waals surface area contributed by atoms with Gasteiger partial charge >= 0.3 is 5.97 Å². The minimum atomic E-state index is -0.458. The lowest BCUT2D eigenvalue weighted by atomic mass is 9.93. The first-order valence-electron chi connectivity index (χ1n) is 16.8. The predicted octanol–water partition coefficient (Wildman–Crippen LogP) is 11.1. The van der Waals surface area contributed by atoms with Gasteiger partial charge in [-0.1, -0.05) is 128 Å². The van der Waals surface area contributed by atoms with E-state index in [-0.39, 0.29) is 0 Å². The molecule has 0 radical (unpaired) electrons. The number of benzene rings is 6. The van der Waals surface area contributed by atoms with Crippen LogP contribution in [0.3, 0.4) is 0 Å². The van der Waals surface area contributed by atoms with Gasteiger partial charge in [0.1, 0.15) is 5.71 Å². The molecule has 1 aliphatic rings. The third kappa shape index (κ3) is 6.72. The van der Waals surface area contributed by atoms with Gasteiger partial charge in [-0.2, -0.15) is 0 Å². The Hall–Kier alpha value is -5.68. The summed E-state index contributed by atoms with van der Waals surface area (Å²) in [7, 11) is 0. The SMILES string of the molecule is CC(=O)O/N=C(/c1ccccc1)c1ccc(N(c2cccc(N(c3ccccc3)C3CCCCC3)c2)c2cccc3ccccc23)cc1. The largest absolute Gasteiger partial charge is 0.338 e. The summed E-state index contributed by atoms with van der Waals surface area (Å²) in [5.41, 5.74) is 7.91. The quantitative estimate of drug-likeness (QED) is 0.0907. The molecule has 0 heterocycles. The second-order valence-corrected chi connectivity index (χ2v) is 12.3. The molecule has 48 heavy (non-hydrogen) atoms. The van der Waals surface area contributed by atoms with E-state index in [4.69, 9.17) is 4.84 Å². The molecule has 0 unspecified atom stereocenters. The fraction of sp³-hybridized carbons (Fsp3) is 0.163. The zero-order valence-corrected chi connectivity index (χ0v) is 27.2. The molecule has 5 heteroatoms. The standard InChI is InChI=1S/C43H39N3O2/c1-32(47)48-44-43(34-16-5-2-6-17-34)35-27-29-38(30-28-35)46(42-26-13-18-33-15-11-12-25-41(33)42)40-24-14-23-39(31-40)45(36-19-7-3-8-20-36)37-21-9-4-10-22-37/h2-3,5-8,11-20,23-31,37H,4,9-10,21-22H2,1H3/b44-43-. The molecule has 0 atom stereocenters. The summed E-state index contributed by atoms with van der Waals surface area (Å²) in [6.45, 7) is 1.36. The summed E-state index contributed by atoms with van der Waals surface area (Å²) < 4.78 is 0. The molecule has 1 aliphatic carbocycles. The van der Waals surface area contributed by atoms with Gasteiger partial charge in [0.05, 0.1) is 5.69 Å². The molecule has 6 aromatic rings. The second-order valence-electron chi connectivity index (χ2n) is 12.3. The Bertz CT molecular complexity index is 2010. The molecule has 7 rings (SSSR count). The number of hydrogen-bond donors (Lipinski definition) is 0. The van der Waals surface area contributed by atoms with Crippen molar-refractivity contribution in [2.45, 2.75) is 45.1 Å². The molecule has 0 aliphatic heterocycles. The number of nitrogens with zero attached hydrogens (tertiary/aromatic N) is 3. The number of hydrogen-bond acceptors (Lipinski definition) is 5. The van der Waals surface area contributed by atoms with E-state index in [0.29, 0.717) is 11.8 Å². The van der Waals surface area contributed by atoms with Crippen LogP contribution in [-0.2, 0) is 9.63 Å². The Labute approximate surface area is 282 Å². The molecule has 0 N–H and O–H groups in total. The van der Waals surface area contributed by atoms with Crippen LogP contribution < -0.4 is 9.80 Å². The fourth-order valence-electron chi connectivity index (χ4n) is 6.86. The number of carbonyl (C=O) groups excluding carboxylic acids is 1. The summed E-state index contributed by atoms with van der Waals surface area (Å²) in [5, 5.41) is 6.60.